The predicted octanol–water partition coefficient (Wildman–Crippen LogP) is 1.63. The van der Waals surface area contributed by atoms with Crippen molar-refractivity contribution in [1.82, 2.24) is 24.8 Å². The van der Waals surface area contributed by atoms with Crippen molar-refractivity contribution in [3.8, 4) is 0 Å². The van der Waals surface area contributed by atoms with Crippen LogP contribution in [-0.4, -0.2) is 57.5 Å². The topological polar surface area (TPSA) is 77.2 Å². The Kier molecular flexibility index (Phi) is 4.06. The minimum absolute atomic E-state index is 0.0875. The number of hydrogen-bond donors (Lipinski definition) is 2. The molecule has 0 unspecified atom stereocenters. The molecule has 1 aliphatic rings. The normalized spacial score (nSPS) is 19.2. The van der Waals surface area contributed by atoms with Crippen LogP contribution >= 0.6 is 0 Å². The first kappa shape index (κ1) is 14.5. The summed E-state index contributed by atoms with van der Waals surface area (Å²) < 4.78 is 0. The van der Waals surface area contributed by atoms with Gasteiger partial charge in [-0.1, -0.05) is 0 Å². The van der Waals surface area contributed by atoms with Crippen LogP contribution in [0.5, 0.6) is 0 Å². The highest BCUT2D eigenvalue weighted by atomic mass is 16.2. The van der Waals surface area contributed by atoms with Gasteiger partial charge in [0, 0.05) is 38.2 Å². The first-order valence-corrected chi connectivity index (χ1v) is 7.31. The van der Waals surface area contributed by atoms with Gasteiger partial charge in [0.05, 0.1) is 17.9 Å². The van der Waals surface area contributed by atoms with Crippen LogP contribution in [0.15, 0.2) is 30.9 Å². The standard InChI is InChI=1S/C15H20N6O/c1-11-3-4-16-9-12(11)19-15(22)21-8-7-20(2)13(10-21)14-17-5-6-18-14/h3-6,9,13H,7-8,10H2,1-2H3,(H,17,18)(H,19,22)/t13-/m0/s1. The van der Waals surface area contributed by atoms with E-state index in [0.29, 0.717) is 13.1 Å². The van der Waals surface area contributed by atoms with Gasteiger partial charge in [-0.05, 0) is 25.6 Å². The first-order valence-electron chi connectivity index (χ1n) is 7.31. The number of imidazole rings is 1. The Morgan fingerprint density at radius 1 is 1.41 bits per heavy atom. The molecule has 2 aromatic heterocycles. The summed E-state index contributed by atoms with van der Waals surface area (Å²) in [7, 11) is 2.05. The highest BCUT2D eigenvalue weighted by Gasteiger charge is 2.30. The number of hydrogen-bond acceptors (Lipinski definition) is 4. The van der Waals surface area contributed by atoms with E-state index in [1.54, 1.807) is 24.8 Å². The van der Waals surface area contributed by atoms with Crippen LogP contribution in [0.3, 0.4) is 0 Å². The SMILES string of the molecule is Cc1ccncc1NC(=O)N1CCN(C)[C@H](c2ncc[nH]2)C1. The van der Waals surface area contributed by atoms with E-state index >= 15 is 0 Å². The molecule has 0 aliphatic carbocycles. The number of piperazine rings is 1. The number of urea groups is 1. The molecule has 2 aromatic rings. The smallest absolute Gasteiger partial charge is 0.322 e. The zero-order chi connectivity index (χ0) is 15.5. The molecule has 7 heteroatoms. The molecule has 0 radical (unpaired) electrons. The fourth-order valence-corrected chi connectivity index (χ4v) is 2.60. The lowest BCUT2D eigenvalue weighted by Gasteiger charge is -2.38. The van der Waals surface area contributed by atoms with E-state index < -0.39 is 0 Å². The van der Waals surface area contributed by atoms with Gasteiger partial charge in [0.15, 0.2) is 0 Å². The van der Waals surface area contributed by atoms with E-state index in [0.717, 1.165) is 23.6 Å². The Morgan fingerprint density at radius 3 is 3.00 bits per heavy atom. The number of carbonyl (C=O) groups excluding carboxylic acids is 1. The molecule has 22 heavy (non-hydrogen) atoms. The number of carbonyl (C=O) groups is 1. The largest absolute Gasteiger partial charge is 0.347 e. The molecule has 0 aromatic carbocycles. The van der Waals surface area contributed by atoms with Crippen LogP contribution in [0.1, 0.15) is 17.4 Å². The number of nitrogens with zero attached hydrogens (tertiary/aromatic N) is 4. The molecule has 0 spiro atoms. The molecule has 3 heterocycles. The average molecular weight is 300 g/mol. The molecule has 1 saturated heterocycles. The molecule has 1 aliphatic heterocycles. The molecular formula is C15H20N6O. The number of nitrogens with one attached hydrogen (secondary N) is 2. The van der Waals surface area contributed by atoms with E-state index in [1.807, 2.05) is 24.9 Å². The van der Waals surface area contributed by atoms with Gasteiger partial charge >= 0.3 is 6.03 Å². The molecule has 1 fully saturated rings. The van der Waals surface area contributed by atoms with Crippen molar-refractivity contribution < 1.29 is 4.79 Å². The summed E-state index contributed by atoms with van der Waals surface area (Å²) in [6.45, 7) is 4.06. The summed E-state index contributed by atoms with van der Waals surface area (Å²) in [5.74, 6) is 0.887. The van der Waals surface area contributed by atoms with Crippen molar-refractivity contribution in [3.05, 3.63) is 42.2 Å². The number of aromatic nitrogens is 3. The number of rotatable bonds is 2. The number of H-pyrrole nitrogens is 1. The highest BCUT2D eigenvalue weighted by molar-refractivity contribution is 5.90. The van der Waals surface area contributed by atoms with E-state index in [-0.39, 0.29) is 12.1 Å². The second-order valence-electron chi connectivity index (χ2n) is 5.54. The summed E-state index contributed by atoms with van der Waals surface area (Å²) in [5, 5.41) is 2.94. The van der Waals surface area contributed by atoms with Crippen molar-refractivity contribution in [1.29, 1.82) is 0 Å². The summed E-state index contributed by atoms with van der Waals surface area (Å²) in [6, 6.07) is 1.87. The number of aromatic amines is 1. The molecule has 2 amide bonds. The summed E-state index contributed by atoms with van der Waals surface area (Å²) in [4.78, 5) is 28.0. The third kappa shape index (κ3) is 2.94. The van der Waals surface area contributed by atoms with Crippen molar-refractivity contribution in [2.45, 2.75) is 13.0 Å². The Labute approximate surface area is 129 Å². The number of amides is 2. The Bertz CT molecular complexity index is 641. The first-order chi connectivity index (χ1) is 10.6. The Hall–Kier alpha value is -2.41. The van der Waals surface area contributed by atoms with Crippen molar-refractivity contribution >= 4 is 11.7 Å². The van der Waals surface area contributed by atoms with E-state index in [2.05, 4.69) is 25.2 Å². The molecule has 3 rings (SSSR count). The van der Waals surface area contributed by atoms with Crippen molar-refractivity contribution in [2.24, 2.45) is 0 Å². The number of anilines is 1. The predicted molar refractivity (Wildman–Crippen MR) is 83.5 cm³/mol. The van der Waals surface area contributed by atoms with E-state index in [9.17, 15) is 4.79 Å². The minimum Gasteiger partial charge on any atom is -0.347 e. The maximum atomic E-state index is 12.5. The fraction of sp³-hybridized carbons (Fsp3) is 0.400. The summed E-state index contributed by atoms with van der Waals surface area (Å²) in [6.07, 6.45) is 6.93. The number of aryl methyl sites for hydroxylation is 1. The lowest BCUT2D eigenvalue weighted by molar-refractivity contribution is 0.112. The molecule has 0 saturated carbocycles. The second kappa shape index (κ2) is 6.15. The van der Waals surface area contributed by atoms with Gasteiger partial charge in [-0.15, -0.1) is 0 Å². The quantitative estimate of drug-likeness (QED) is 0.884. The molecular weight excluding hydrogens is 280 g/mol. The lowest BCUT2D eigenvalue weighted by atomic mass is 10.1. The lowest BCUT2D eigenvalue weighted by Crippen LogP contribution is -2.50. The number of pyridine rings is 1. The van der Waals surface area contributed by atoms with Crippen molar-refractivity contribution in [3.63, 3.8) is 0 Å². The summed E-state index contributed by atoms with van der Waals surface area (Å²) in [5.41, 5.74) is 1.75. The van der Waals surface area contributed by atoms with E-state index in [1.165, 1.54) is 0 Å². The zero-order valence-electron chi connectivity index (χ0n) is 12.8. The maximum Gasteiger partial charge on any atom is 0.322 e. The van der Waals surface area contributed by atoms with E-state index in [4.69, 9.17) is 0 Å². The van der Waals surface area contributed by atoms with Crippen LogP contribution in [0.4, 0.5) is 10.5 Å². The van der Waals surface area contributed by atoms with Gasteiger partial charge in [-0.2, -0.15) is 0 Å². The van der Waals surface area contributed by atoms with Crippen LogP contribution < -0.4 is 5.32 Å². The third-order valence-electron chi connectivity index (χ3n) is 4.05. The van der Waals surface area contributed by atoms with Gasteiger partial charge in [-0.3, -0.25) is 9.88 Å². The Morgan fingerprint density at radius 2 is 2.27 bits per heavy atom. The third-order valence-corrected chi connectivity index (χ3v) is 4.05. The van der Waals surface area contributed by atoms with Gasteiger partial charge < -0.3 is 15.2 Å². The summed E-state index contributed by atoms with van der Waals surface area (Å²) >= 11 is 0. The maximum absolute atomic E-state index is 12.5. The van der Waals surface area contributed by atoms with Gasteiger partial charge in [0.25, 0.3) is 0 Å². The van der Waals surface area contributed by atoms with Gasteiger partial charge in [-0.25, -0.2) is 9.78 Å². The molecule has 7 nitrogen and oxygen atoms in total. The second-order valence-corrected chi connectivity index (χ2v) is 5.54. The van der Waals surface area contributed by atoms with Gasteiger partial charge in [0.2, 0.25) is 0 Å². The molecule has 1 atom stereocenters. The average Bonchev–Trinajstić information content (AvgIpc) is 3.04. The van der Waals surface area contributed by atoms with Crippen LogP contribution in [-0.2, 0) is 0 Å². The Balaban J connectivity index is 1.69. The zero-order valence-corrected chi connectivity index (χ0v) is 12.8. The molecule has 2 N–H and O–H groups in total. The highest BCUT2D eigenvalue weighted by Crippen LogP contribution is 2.22. The van der Waals surface area contributed by atoms with Crippen LogP contribution in [0.25, 0.3) is 0 Å². The van der Waals surface area contributed by atoms with Gasteiger partial charge in [0.1, 0.15) is 5.82 Å². The van der Waals surface area contributed by atoms with Crippen molar-refractivity contribution in [2.75, 3.05) is 32.0 Å². The fourth-order valence-electron chi connectivity index (χ4n) is 2.60. The molecule has 116 valence electrons. The minimum atomic E-state index is -0.0965. The molecule has 0 bridgehead atoms. The van der Waals surface area contributed by atoms with Crippen LogP contribution in [0.2, 0.25) is 0 Å². The monoisotopic (exact) mass is 300 g/mol. The number of likely N-dealkylation sites (N-methyl/N-ethyl adjacent to an activating group) is 1. The van der Waals surface area contributed by atoms with Crippen LogP contribution in [0, 0.1) is 6.92 Å².